The molecule has 0 atom stereocenters. The highest BCUT2D eigenvalue weighted by atomic mass is 19.4. The van der Waals surface area contributed by atoms with Gasteiger partial charge in [0.05, 0.1) is 45.9 Å². The number of halogens is 3. The molecule has 1 aromatic heterocycles. The second kappa shape index (κ2) is 7.21. The van der Waals surface area contributed by atoms with Crippen molar-refractivity contribution in [1.82, 2.24) is 4.57 Å². The summed E-state index contributed by atoms with van der Waals surface area (Å²) in [5.74, 6) is 0. The first kappa shape index (κ1) is 22.5. The number of rotatable bonds is 3. The summed E-state index contributed by atoms with van der Waals surface area (Å²) in [6.45, 7) is 7.75. The van der Waals surface area contributed by atoms with Gasteiger partial charge in [-0.3, -0.25) is 0 Å². The molecule has 0 bridgehead atoms. The largest absolute Gasteiger partial charge is 0.394 e. The second-order valence-corrected chi connectivity index (χ2v) is 11.4. The zero-order chi connectivity index (χ0) is 25.9. The van der Waals surface area contributed by atoms with E-state index < -0.39 is 11.6 Å². The molecule has 6 heteroatoms. The van der Waals surface area contributed by atoms with E-state index in [9.17, 15) is 13.2 Å². The number of nitrogens with zero attached hydrogens (tertiary/aromatic N) is 3. The van der Waals surface area contributed by atoms with Crippen LogP contribution in [0.3, 0.4) is 0 Å². The van der Waals surface area contributed by atoms with Gasteiger partial charge in [0.1, 0.15) is 0 Å². The second-order valence-electron chi connectivity index (χ2n) is 11.4. The molecule has 37 heavy (non-hydrogen) atoms. The number of benzene rings is 4. The van der Waals surface area contributed by atoms with Crippen molar-refractivity contribution in [3.63, 3.8) is 0 Å². The molecule has 0 aliphatic carbocycles. The highest BCUT2D eigenvalue weighted by Gasteiger charge is 2.47. The Labute approximate surface area is 213 Å². The lowest BCUT2D eigenvalue weighted by Gasteiger charge is -2.30. The number of alkyl halides is 3. The van der Waals surface area contributed by atoms with E-state index in [1.807, 2.05) is 24.3 Å². The number of anilines is 3. The van der Waals surface area contributed by atoms with Crippen LogP contribution in [0.4, 0.5) is 30.2 Å². The van der Waals surface area contributed by atoms with Gasteiger partial charge in [-0.2, -0.15) is 13.2 Å². The number of hydrogen-bond acceptors (Lipinski definition) is 2. The van der Waals surface area contributed by atoms with Crippen molar-refractivity contribution in [3.05, 3.63) is 72.3 Å². The smallest absolute Gasteiger partial charge is 0.349 e. The van der Waals surface area contributed by atoms with E-state index in [0.717, 1.165) is 45.2 Å². The predicted molar refractivity (Wildman–Crippen MR) is 146 cm³/mol. The molecule has 0 saturated carbocycles. The fourth-order valence-corrected chi connectivity index (χ4v) is 6.14. The Hall–Kier alpha value is -3.67. The molecule has 7 rings (SSSR count). The third-order valence-corrected chi connectivity index (χ3v) is 8.23. The van der Waals surface area contributed by atoms with Crippen LogP contribution in [-0.4, -0.2) is 23.5 Å². The Morgan fingerprint density at radius 2 is 1.49 bits per heavy atom. The Kier molecular flexibility index (Phi) is 4.39. The van der Waals surface area contributed by atoms with E-state index in [-0.39, 0.29) is 6.42 Å². The van der Waals surface area contributed by atoms with E-state index in [0.29, 0.717) is 11.6 Å². The molecule has 0 fully saturated rings. The van der Waals surface area contributed by atoms with Crippen LogP contribution in [0.1, 0.15) is 33.3 Å². The van der Waals surface area contributed by atoms with Gasteiger partial charge in [-0.1, -0.05) is 50.2 Å². The predicted octanol–water partition coefficient (Wildman–Crippen LogP) is 8.71. The Balaban J connectivity index is 1.56. The third-order valence-electron chi connectivity index (χ3n) is 8.23. The van der Waals surface area contributed by atoms with Crippen molar-refractivity contribution < 1.29 is 13.2 Å². The summed E-state index contributed by atoms with van der Waals surface area (Å²) in [6, 6.07) is 23.4. The topological polar surface area (TPSA) is 11.4 Å². The molecule has 0 amide bonds. The molecule has 5 aromatic rings. The maximum absolute atomic E-state index is 13.7. The Morgan fingerprint density at radius 1 is 0.811 bits per heavy atom. The highest BCUT2D eigenvalue weighted by Crippen LogP contribution is 2.54. The van der Waals surface area contributed by atoms with Gasteiger partial charge in [-0.15, -0.1) is 0 Å². The summed E-state index contributed by atoms with van der Waals surface area (Å²) in [7, 11) is 0. The fraction of sp³-hybridized carbons (Fsp3) is 0.290. The van der Waals surface area contributed by atoms with Crippen molar-refractivity contribution in [1.29, 1.82) is 0 Å². The van der Waals surface area contributed by atoms with Gasteiger partial charge in [0.15, 0.2) is 0 Å². The van der Waals surface area contributed by atoms with E-state index in [1.165, 1.54) is 30.6 Å². The lowest BCUT2D eigenvalue weighted by atomic mass is 9.85. The van der Waals surface area contributed by atoms with Crippen molar-refractivity contribution in [2.24, 2.45) is 5.41 Å². The molecule has 0 saturated heterocycles. The summed E-state index contributed by atoms with van der Waals surface area (Å²) >= 11 is 0. The monoisotopic (exact) mass is 499 g/mol. The van der Waals surface area contributed by atoms with E-state index >= 15 is 0 Å². The fourth-order valence-electron chi connectivity index (χ4n) is 6.14. The summed E-state index contributed by atoms with van der Waals surface area (Å²) in [5, 5.41) is 4.51. The third kappa shape index (κ3) is 3.01. The van der Waals surface area contributed by atoms with Gasteiger partial charge in [-0.05, 0) is 66.9 Å². The molecule has 3 heterocycles. The van der Waals surface area contributed by atoms with Gasteiger partial charge >= 0.3 is 6.18 Å². The van der Waals surface area contributed by atoms with Crippen LogP contribution in [0.25, 0.3) is 38.3 Å². The summed E-state index contributed by atoms with van der Waals surface area (Å²) in [4.78, 5) is 4.82. The lowest BCUT2D eigenvalue weighted by Crippen LogP contribution is -2.34. The van der Waals surface area contributed by atoms with Crippen LogP contribution < -0.4 is 9.80 Å². The summed E-state index contributed by atoms with van der Waals surface area (Å²) < 4.78 is 43.5. The van der Waals surface area contributed by atoms with Crippen molar-refractivity contribution >= 4 is 49.6 Å². The van der Waals surface area contributed by atoms with Crippen LogP contribution in [0, 0.1) is 5.41 Å². The lowest BCUT2D eigenvalue weighted by molar-refractivity contribution is -0.211. The first-order valence-electron chi connectivity index (χ1n) is 12.8. The minimum Gasteiger partial charge on any atom is -0.349 e. The molecule has 0 N–H and O–H groups in total. The van der Waals surface area contributed by atoms with Gasteiger partial charge < -0.3 is 14.4 Å². The molecule has 4 aromatic carbocycles. The zero-order valence-corrected chi connectivity index (χ0v) is 21.3. The molecule has 0 unspecified atom stereocenters. The van der Waals surface area contributed by atoms with Gasteiger partial charge in [0.2, 0.25) is 0 Å². The SMILES string of the molecule is CC(C)N1CN2c3cc4ccccc4cc3-n3c4cc(CC(C)(C)C(F)(F)F)ccc4c4ccc1c2c43. The number of fused-ring (bicyclic) bond motifs is 7. The van der Waals surface area contributed by atoms with Crippen LogP contribution in [0.5, 0.6) is 0 Å². The Bertz CT molecular complexity index is 1740. The first-order chi connectivity index (χ1) is 17.5. The molecule has 3 nitrogen and oxygen atoms in total. The van der Waals surface area contributed by atoms with Gasteiger partial charge in [-0.25, -0.2) is 0 Å². The maximum Gasteiger partial charge on any atom is 0.394 e. The van der Waals surface area contributed by atoms with E-state index in [2.05, 4.69) is 70.7 Å². The average Bonchev–Trinajstić information content (AvgIpc) is 3.38. The molecule has 188 valence electrons. The average molecular weight is 500 g/mol. The van der Waals surface area contributed by atoms with Crippen LogP contribution >= 0.6 is 0 Å². The van der Waals surface area contributed by atoms with Crippen molar-refractivity contribution in [2.45, 2.75) is 46.3 Å². The molecule has 2 aliphatic heterocycles. The van der Waals surface area contributed by atoms with E-state index in [4.69, 9.17) is 0 Å². The van der Waals surface area contributed by atoms with Crippen molar-refractivity contribution in [2.75, 3.05) is 16.5 Å². The Morgan fingerprint density at radius 3 is 2.16 bits per heavy atom. The molecular formula is C31H28F3N3. The first-order valence-corrected chi connectivity index (χ1v) is 12.8. The molecule has 2 aliphatic rings. The van der Waals surface area contributed by atoms with Gasteiger partial charge in [0.25, 0.3) is 0 Å². The van der Waals surface area contributed by atoms with Gasteiger partial charge in [0, 0.05) is 16.8 Å². The summed E-state index contributed by atoms with van der Waals surface area (Å²) in [5.41, 5.74) is 5.55. The number of hydrogen-bond donors (Lipinski definition) is 0. The van der Waals surface area contributed by atoms with Crippen molar-refractivity contribution in [3.8, 4) is 5.69 Å². The molecule has 0 radical (unpaired) electrons. The minimum absolute atomic E-state index is 0.0656. The molecular weight excluding hydrogens is 471 g/mol. The standard InChI is InChI=1S/C31H28F3N3/c1-18(2)35-17-36-26-14-20-7-5-6-8-21(20)15-27(26)37-25-13-19(16-30(3,4)31(32,33)34)9-10-22(25)23-11-12-24(35)29(36)28(23)37/h5-15,18H,16-17H2,1-4H3. The minimum atomic E-state index is -4.27. The quantitative estimate of drug-likeness (QED) is 0.246. The zero-order valence-electron chi connectivity index (χ0n) is 21.3. The summed E-state index contributed by atoms with van der Waals surface area (Å²) in [6.07, 6.45) is -4.34. The van der Waals surface area contributed by atoms with Crippen LogP contribution in [-0.2, 0) is 6.42 Å². The number of aromatic nitrogens is 1. The maximum atomic E-state index is 13.7. The highest BCUT2D eigenvalue weighted by molar-refractivity contribution is 6.19. The van der Waals surface area contributed by atoms with Crippen LogP contribution in [0.2, 0.25) is 0 Å². The normalized spacial score (nSPS) is 15.0. The van der Waals surface area contributed by atoms with Crippen LogP contribution in [0.15, 0.2) is 66.7 Å². The molecule has 0 spiro atoms. The van der Waals surface area contributed by atoms with E-state index in [1.54, 1.807) is 0 Å².